The van der Waals surface area contributed by atoms with Crippen molar-refractivity contribution in [2.75, 3.05) is 6.54 Å². The van der Waals surface area contributed by atoms with Crippen LogP contribution in [0.3, 0.4) is 0 Å². The molecule has 0 aromatic carbocycles. The van der Waals surface area contributed by atoms with Crippen LogP contribution in [0.1, 0.15) is 22.5 Å². The first-order chi connectivity index (χ1) is 9.06. The van der Waals surface area contributed by atoms with Gasteiger partial charge in [-0.1, -0.05) is 6.07 Å². The molecule has 1 amide bonds. The number of hydrogen-bond acceptors (Lipinski definition) is 5. The van der Waals surface area contributed by atoms with Crippen LogP contribution in [-0.2, 0) is 11.3 Å². The van der Waals surface area contributed by atoms with Gasteiger partial charge in [-0.3, -0.25) is 4.79 Å². The summed E-state index contributed by atoms with van der Waals surface area (Å²) in [7, 11) is 0. The maximum absolute atomic E-state index is 11.7. The minimum absolute atomic E-state index is 0.0318. The number of β-amino-alcohol motifs (C(OH)–C–C–N with tert-alkyl or cyclic N) is 1. The van der Waals surface area contributed by atoms with E-state index in [2.05, 4.69) is 15.6 Å². The van der Waals surface area contributed by atoms with Gasteiger partial charge in [-0.15, -0.1) is 0 Å². The SMILES string of the molecule is O=C(O)c1ccc(CNC(=O)C2CC(O)CN2)cn1. The molecule has 102 valence electrons. The minimum atomic E-state index is -1.08. The predicted octanol–water partition coefficient (Wildman–Crippen LogP) is -0.881. The summed E-state index contributed by atoms with van der Waals surface area (Å²) < 4.78 is 0. The smallest absolute Gasteiger partial charge is 0.354 e. The summed E-state index contributed by atoms with van der Waals surface area (Å²) in [5.74, 6) is -1.27. The van der Waals surface area contributed by atoms with Gasteiger partial charge in [0.15, 0.2) is 0 Å². The second kappa shape index (κ2) is 5.77. The normalized spacial score (nSPS) is 22.2. The molecule has 2 atom stereocenters. The van der Waals surface area contributed by atoms with Crippen LogP contribution < -0.4 is 10.6 Å². The summed E-state index contributed by atoms with van der Waals surface area (Å²) in [6, 6.07) is 2.62. The molecule has 1 saturated heterocycles. The number of nitrogens with zero attached hydrogens (tertiary/aromatic N) is 1. The van der Waals surface area contributed by atoms with E-state index in [1.54, 1.807) is 6.07 Å². The molecule has 7 nitrogen and oxygen atoms in total. The number of aliphatic hydroxyl groups excluding tert-OH is 1. The molecule has 0 bridgehead atoms. The van der Waals surface area contributed by atoms with Gasteiger partial charge in [0.25, 0.3) is 0 Å². The Morgan fingerprint density at radius 3 is 2.79 bits per heavy atom. The number of aromatic nitrogens is 1. The van der Waals surface area contributed by atoms with Crippen molar-refractivity contribution in [1.29, 1.82) is 0 Å². The molecule has 19 heavy (non-hydrogen) atoms. The number of rotatable bonds is 4. The lowest BCUT2D eigenvalue weighted by molar-refractivity contribution is -0.123. The van der Waals surface area contributed by atoms with Gasteiger partial charge in [-0.2, -0.15) is 0 Å². The monoisotopic (exact) mass is 265 g/mol. The lowest BCUT2D eigenvalue weighted by Crippen LogP contribution is -2.40. The van der Waals surface area contributed by atoms with E-state index >= 15 is 0 Å². The number of carboxylic acid groups (broad SMARTS) is 1. The van der Waals surface area contributed by atoms with Crippen molar-refractivity contribution >= 4 is 11.9 Å². The lowest BCUT2D eigenvalue weighted by Gasteiger charge is -2.10. The average molecular weight is 265 g/mol. The number of aliphatic hydroxyl groups is 1. The van der Waals surface area contributed by atoms with Gasteiger partial charge in [-0.25, -0.2) is 9.78 Å². The number of carbonyl (C=O) groups is 2. The standard InChI is InChI=1S/C12H15N3O4/c16-8-3-10(14-6-8)11(17)15-5-7-1-2-9(12(18)19)13-4-7/h1-2,4,8,10,14,16H,3,5-6H2,(H,15,17)(H,18,19). The molecule has 4 N–H and O–H groups in total. The highest BCUT2D eigenvalue weighted by Gasteiger charge is 2.27. The zero-order valence-electron chi connectivity index (χ0n) is 10.2. The molecule has 2 rings (SSSR count). The fourth-order valence-corrected chi connectivity index (χ4v) is 1.88. The van der Waals surface area contributed by atoms with E-state index in [4.69, 9.17) is 5.11 Å². The van der Waals surface area contributed by atoms with Crippen LogP contribution in [0.5, 0.6) is 0 Å². The van der Waals surface area contributed by atoms with Crippen LogP contribution in [0.25, 0.3) is 0 Å². The zero-order chi connectivity index (χ0) is 13.8. The molecule has 1 aromatic rings. The number of carbonyl (C=O) groups excluding carboxylic acids is 1. The molecule has 0 aliphatic carbocycles. The maximum atomic E-state index is 11.7. The highest BCUT2D eigenvalue weighted by atomic mass is 16.4. The predicted molar refractivity (Wildman–Crippen MR) is 65.5 cm³/mol. The Morgan fingerprint density at radius 1 is 1.47 bits per heavy atom. The van der Waals surface area contributed by atoms with Crippen LogP contribution in [0.4, 0.5) is 0 Å². The molecule has 1 aliphatic heterocycles. The Hall–Kier alpha value is -1.99. The number of amides is 1. The molecule has 0 saturated carbocycles. The van der Waals surface area contributed by atoms with Gasteiger partial charge in [-0.05, 0) is 18.1 Å². The average Bonchev–Trinajstić information content (AvgIpc) is 2.83. The van der Waals surface area contributed by atoms with Gasteiger partial charge in [0.05, 0.1) is 12.1 Å². The Morgan fingerprint density at radius 2 is 2.26 bits per heavy atom. The third kappa shape index (κ3) is 3.49. The van der Waals surface area contributed by atoms with Gasteiger partial charge in [0.2, 0.25) is 5.91 Å². The van der Waals surface area contributed by atoms with E-state index in [0.717, 1.165) is 5.56 Å². The van der Waals surface area contributed by atoms with E-state index in [0.29, 0.717) is 13.0 Å². The van der Waals surface area contributed by atoms with Crippen molar-refractivity contribution < 1.29 is 19.8 Å². The molecule has 1 fully saturated rings. The number of carboxylic acids is 1. The van der Waals surface area contributed by atoms with E-state index in [-0.39, 0.29) is 24.2 Å². The molecule has 7 heteroatoms. The minimum Gasteiger partial charge on any atom is -0.477 e. The third-order valence-corrected chi connectivity index (χ3v) is 2.93. The highest BCUT2D eigenvalue weighted by Crippen LogP contribution is 2.06. The highest BCUT2D eigenvalue weighted by molar-refractivity contribution is 5.85. The Kier molecular flexibility index (Phi) is 4.08. The molecule has 1 aromatic heterocycles. The van der Waals surface area contributed by atoms with Crippen LogP contribution in [0.15, 0.2) is 18.3 Å². The first-order valence-corrected chi connectivity index (χ1v) is 5.93. The van der Waals surface area contributed by atoms with Crippen LogP contribution in [-0.4, -0.2) is 45.8 Å². The van der Waals surface area contributed by atoms with Gasteiger partial charge in [0, 0.05) is 19.3 Å². The van der Waals surface area contributed by atoms with Gasteiger partial charge in [0.1, 0.15) is 5.69 Å². The first kappa shape index (κ1) is 13.4. The summed E-state index contributed by atoms with van der Waals surface area (Å²) in [6.07, 6.45) is 1.34. The van der Waals surface area contributed by atoms with Crippen molar-refractivity contribution in [2.45, 2.75) is 25.1 Å². The summed E-state index contributed by atoms with van der Waals surface area (Å²) in [4.78, 5) is 26.1. The van der Waals surface area contributed by atoms with Gasteiger partial charge < -0.3 is 20.8 Å². The fraction of sp³-hybridized carbons (Fsp3) is 0.417. The second-order valence-corrected chi connectivity index (χ2v) is 4.43. The van der Waals surface area contributed by atoms with Crippen molar-refractivity contribution in [2.24, 2.45) is 0 Å². The number of aromatic carboxylic acids is 1. The van der Waals surface area contributed by atoms with Crippen LogP contribution in [0, 0.1) is 0 Å². The fourth-order valence-electron chi connectivity index (χ4n) is 1.88. The molecule has 2 heterocycles. The van der Waals surface area contributed by atoms with Crippen molar-refractivity contribution in [1.82, 2.24) is 15.6 Å². The largest absolute Gasteiger partial charge is 0.477 e. The van der Waals surface area contributed by atoms with Crippen LogP contribution >= 0.6 is 0 Å². The van der Waals surface area contributed by atoms with Crippen molar-refractivity contribution in [3.05, 3.63) is 29.6 Å². The van der Waals surface area contributed by atoms with E-state index in [9.17, 15) is 14.7 Å². The Balaban J connectivity index is 1.85. The number of nitrogens with one attached hydrogen (secondary N) is 2. The van der Waals surface area contributed by atoms with E-state index in [1.807, 2.05) is 0 Å². The number of hydrogen-bond donors (Lipinski definition) is 4. The van der Waals surface area contributed by atoms with E-state index < -0.39 is 12.1 Å². The maximum Gasteiger partial charge on any atom is 0.354 e. The quantitative estimate of drug-likeness (QED) is 0.562. The molecular weight excluding hydrogens is 250 g/mol. The number of pyridine rings is 1. The molecule has 0 spiro atoms. The zero-order valence-corrected chi connectivity index (χ0v) is 10.2. The lowest BCUT2D eigenvalue weighted by atomic mass is 10.2. The summed E-state index contributed by atoms with van der Waals surface area (Å²) in [6.45, 7) is 0.701. The summed E-state index contributed by atoms with van der Waals surface area (Å²) in [5.41, 5.74) is 0.688. The second-order valence-electron chi connectivity index (χ2n) is 4.43. The van der Waals surface area contributed by atoms with Gasteiger partial charge >= 0.3 is 5.97 Å². The summed E-state index contributed by atoms with van der Waals surface area (Å²) in [5, 5.41) is 23.6. The molecule has 2 unspecified atom stereocenters. The molecular formula is C12H15N3O4. The summed E-state index contributed by atoms with van der Waals surface area (Å²) >= 11 is 0. The Bertz CT molecular complexity index is 474. The Labute approximate surface area is 109 Å². The van der Waals surface area contributed by atoms with E-state index in [1.165, 1.54) is 12.3 Å². The van der Waals surface area contributed by atoms with Crippen molar-refractivity contribution in [3.63, 3.8) is 0 Å². The topological polar surface area (TPSA) is 112 Å². The van der Waals surface area contributed by atoms with Crippen molar-refractivity contribution in [3.8, 4) is 0 Å². The third-order valence-electron chi connectivity index (χ3n) is 2.93. The molecule has 0 radical (unpaired) electrons. The van der Waals surface area contributed by atoms with Crippen LogP contribution in [0.2, 0.25) is 0 Å². The molecule has 1 aliphatic rings. The first-order valence-electron chi connectivity index (χ1n) is 5.93.